The summed E-state index contributed by atoms with van der Waals surface area (Å²) in [5, 5.41) is 9.29. The third-order valence-corrected chi connectivity index (χ3v) is 2.39. The van der Waals surface area contributed by atoms with Crippen LogP contribution >= 0.6 is 0 Å². The fourth-order valence-corrected chi connectivity index (χ4v) is 1.53. The molecule has 0 radical (unpaired) electrons. The van der Waals surface area contributed by atoms with Gasteiger partial charge in [-0.15, -0.1) is 0 Å². The molecule has 1 unspecified atom stereocenters. The van der Waals surface area contributed by atoms with Crippen LogP contribution in [0.3, 0.4) is 0 Å². The predicted molar refractivity (Wildman–Crippen MR) is 44.2 cm³/mol. The summed E-state index contributed by atoms with van der Waals surface area (Å²) >= 11 is 0. The lowest BCUT2D eigenvalue weighted by Gasteiger charge is -2.44. The van der Waals surface area contributed by atoms with Gasteiger partial charge in [0.05, 0.1) is 6.54 Å². The van der Waals surface area contributed by atoms with E-state index in [-0.39, 0.29) is 5.82 Å². The van der Waals surface area contributed by atoms with Crippen molar-refractivity contribution in [3.05, 3.63) is 18.2 Å². The zero-order valence-electron chi connectivity index (χ0n) is 8.42. The molecule has 5 nitrogen and oxygen atoms in total. The standard InChI is InChI=1S/C7H6F6N4O/c8-5(9,10)6(18)15-16-2-1-14-4(16)3-17(6)7(11,12)13/h1-2,15,18H,3H2. The van der Waals surface area contributed by atoms with Gasteiger partial charge in [-0.1, -0.05) is 0 Å². The lowest BCUT2D eigenvalue weighted by molar-refractivity contribution is -0.392. The second kappa shape index (κ2) is 3.51. The molecular weight excluding hydrogens is 270 g/mol. The Morgan fingerprint density at radius 2 is 1.89 bits per heavy atom. The molecule has 0 fully saturated rings. The van der Waals surface area contributed by atoms with E-state index in [9.17, 15) is 31.4 Å². The molecule has 0 aromatic carbocycles. The summed E-state index contributed by atoms with van der Waals surface area (Å²) in [6.45, 7) is -1.22. The monoisotopic (exact) mass is 276 g/mol. The van der Waals surface area contributed by atoms with Gasteiger partial charge >= 0.3 is 18.3 Å². The Morgan fingerprint density at radius 3 is 2.39 bits per heavy atom. The van der Waals surface area contributed by atoms with Gasteiger partial charge in [0, 0.05) is 12.4 Å². The molecule has 0 saturated heterocycles. The number of rotatable bonds is 0. The van der Waals surface area contributed by atoms with Crippen molar-refractivity contribution in [2.75, 3.05) is 5.43 Å². The fraction of sp³-hybridized carbons (Fsp3) is 0.571. The lowest BCUT2D eigenvalue weighted by atomic mass is 10.3. The first-order valence-corrected chi connectivity index (χ1v) is 4.50. The third-order valence-electron chi connectivity index (χ3n) is 2.39. The Bertz CT molecular complexity index is 454. The van der Waals surface area contributed by atoms with E-state index in [1.807, 2.05) is 0 Å². The minimum Gasteiger partial charge on any atom is -0.350 e. The van der Waals surface area contributed by atoms with Crippen molar-refractivity contribution in [3.8, 4) is 0 Å². The average molecular weight is 276 g/mol. The van der Waals surface area contributed by atoms with Gasteiger partial charge in [-0.3, -0.25) is 5.43 Å². The molecule has 2 heterocycles. The van der Waals surface area contributed by atoms with Crippen LogP contribution in [0.15, 0.2) is 12.4 Å². The molecule has 0 aliphatic carbocycles. The molecule has 102 valence electrons. The highest BCUT2D eigenvalue weighted by molar-refractivity contribution is 5.08. The van der Waals surface area contributed by atoms with Gasteiger partial charge in [0.15, 0.2) is 0 Å². The van der Waals surface area contributed by atoms with Crippen molar-refractivity contribution in [2.45, 2.75) is 24.9 Å². The minimum absolute atomic E-state index is 0.304. The van der Waals surface area contributed by atoms with Gasteiger partial charge < -0.3 is 5.11 Å². The summed E-state index contributed by atoms with van der Waals surface area (Å²) in [5.41, 5.74) is 1.34. The maximum absolute atomic E-state index is 12.6. The maximum Gasteiger partial charge on any atom is 0.464 e. The summed E-state index contributed by atoms with van der Waals surface area (Å²) in [5.74, 6) is -4.54. The van der Waals surface area contributed by atoms with Crippen LogP contribution in [0.25, 0.3) is 0 Å². The van der Waals surface area contributed by atoms with Crippen LogP contribution in [-0.4, -0.2) is 38.0 Å². The molecule has 2 N–H and O–H groups in total. The number of nitrogens with one attached hydrogen (secondary N) is 1. The number of hydrogen-bond donors (Lipinski definition) is 2. The van der Waals surface area contributed by atoms with E-state index in [0.29, 0.717) is 4.68 Å². The maximum atomic E-state index is 12.6. The number of hydrogen-bond acceptors (Lipinski definition) is 4. The molecule has 1 aliphatic heterocycles. The van der Waals surface area contributed by atoms with Crippen molar-refractivity contribution in [2.24, 2.45) is 0 Å². The summed E-state index contributed by atoms with van der Waals surface area (Å²) < 4.78 is 76.1. The largest absolute Gasteiger partial charge is 0.464 e. The first kappa shape index (κ1) is 13.0. The predicted octanol–water partition coefficient (Wildman–Crippen LogP) is 0.970. The highest BCUT2D eigenvalue weighted by Crippen LogP contribution is 2.41. The Balaban J connectivity index is 2.50. The van der Waals surface area contributed by atoms with Crippen LogP contribution in [-0.2, 0) is 6.54 Å². The number of imidazole rings is 1. The molecule has 2 rings (SSSR count). The SMILES string of the molecule is OC1(C(F)(F)F)Nn2ccnc2CN1C(F)(F)F. The molecule has 0 amide bonds. The second-order valence-corrected chi connectivity index (χ2v) is 3.55. The van der Waals surface area contributed by atoms with Crippen molar-refractivity contribution in [1.29, 1.82) is 0 Å². The highest BCUT2D eigenvalue weighted by atomic mass is 19.4. The summed E-state index contributed by atoms with van der Waals surface area (Å²) in [4.78, 5) is 2.38. The van der Waals surface area contributed by atoms with Gasteiger partial charge in [-0.2, -0.15) is 31.2 Å². The van der Waals surface area contributed by atoms with Gasteiger partial charge in [-0.25, -0.2) is 9.66 Å². The number of aliphatic hydroxyl groups is 1. The third kappa shape index (κ3) is 1.79. The summed E-state index contributed by atoms with van der Waals surface area (Å²) in [6.07, 6.45) is -8.95. The van der Waals surface area contributed by atoms with Gasteiger partial charge in [0.1, 0.15) is 5.82 Å². The normalized spacial score (nSPS) is 25.7. The Labute approximate surface area is 95.6 Å². The van der Waals surface area contributed by atoms with Crippen molar-refractivity contribution >= 4 is 0 Å². The van der Waals surface area contributed by atoms with Crippen LogP contribution in [0.1, 0.15) is 5.82 Å². The number of aromatic nitrogens is 2. The van der Waals surface area contributed by atoms with E-state index in [1.165, 1.54) is 5.43 Å². The second-order valence-electron chi connectivity index (χ2n) is 3.55. The molecule has 1 aliphatic rings. The molecule has 0 saturated carbocycles. The smallest absolute Gasteiger partial charge is 0.350 e. The molecule has 1 aromatic rings. The van der Waals surface area contributed by atoms with Crippen LogP contribution in [0.4, 0.5) is 26.3 Å². The Kier molecular flexibility index (Phi) is 2.52. The Morgan fingerprint density at radius 1 is 1.28 bits per heavy atom. The molecule has 0 bridgehead atoms. The van der Waals surface area contributed by atoms with E-state index < -0.39 is 29.8 Å². The van der Waals surface area contributed by atoms with E-state index >= 15 is 0 Å². The molecular formula is C7H6F6N4O. The number of nitrogens with zero attached hydrogens (tertiary/aromatic N) is 3. The van der Waals surface area contributed by atoms with Crippen LogP contribution in [0.2, 0.25) is 0 Å². The van der Waals surface area contributed by atoms with Gasteiger partial charge in [0.2, 0.25) is 0 Å². The van der Waals surface area contributed by atoms with Crippen LogP contribution in [0.5, 0.6) is 0 Å². The number of fused-ring (bicyclic) bond motifs is 1. The van der Waals surface area contributed by atoms with Crippen molar-refractivity contribution in [1.82, 2.24) is 14.6 Å². The summed E-state index contributed by atoms with van der Waals surface area (Å²) in [6, 6.07) is 0. The van der Waals surface area contributed by atoms with Gasteiger partial charge in [-0.05, 0) is 0 Å². The van der Waals surface area contributed by atoms with E-state index in [0.717, 1.165) is 12.4 Å². The first-order chi connectivity index (χ1) is 8.06. The topological polar surface area (TPSA) is 53.3 Å². The quantitative estimate of drug-likeness (QED) is 0.547. The van der Waals surface area contributed by atoms with Crippen LogP contribution < -0.4 is 5.43 Å². The number of halogens is 6. The zero-order chi connectivity index (χ0) is 13.8. The molecule has 1 atom stereocenters. The van der Waals surface area contributed by atoms with E-state index in [1.54, 1.807) is 0 Å². The van der Waals surface area contributed by atoms with Gasteiger partial charge in [0.25, 0.3) is 0 Å². The first-order valence-electron chi connectivity index (χ1n) is 4.50. The number of alkyl halides is 6. The van der Waals surface area contributed by atoms with E-state index in [2.05, 4.69) is 4.98 Å². The summed E-state index contributed by atoms with van der Waals surface area (Å²) in [7, 11) is 0. The van der Waals surface area contributed by atoms with Crippen molar-refractivity contribution < 1.29 is 31.4 Å². The van der Waals surface area contributed by atoms with Crippen LogP contribution in [0, 0.1) is 0 Å². The Hall–Kier alpha value is -1.49. The molecule has 11 heteroatoms. The highest BCUT2D eigenvalue weighted by Gasteiger charge is 2.67. The molecule has 0 spiro atoms. The zero-order valence-corrected chi connectivity index (χ0v) is 8.42. The van der Waals surface area contributed by atoms with E-state index in [4.69, 9.17) is 0 Å². The minimum atomic E-state index is -5.55. The molecule has 18 heavy (non-hydrogen) atoms. The lowest BCUT2D eigenvalue weighted by Crippen LogP contribution is -2.71. The molecule has 1 aromatic heterocycles. The average Bonchev–Trinajstić information content (AvgIpc) is 2.59. The van der Waals surface area contributed by atoms with Crippen molar-refractivity contribution in [3.63, 3.8) is 0 Å². The fourth-order valence-electron chi connectivity index (χ4n) is 1.53.